The number of nitrogens with zero attached hydrogens (tertiary/aromatic N) is 1. The van der Waals surface area contributed by atoms with Crippen molar-refractivity contribution in [3.63, 3.8) is 0 Å². The lowest BCUT2D eigenvalue weighted by Crippen LogP contribution is -2.25. The van der Waals surface area contributed by atoms with E-state index in [2.05, 4.69) is 61.5 Å². The van der Waals surface area contributed by atoms with Gasteiger partial charge in [-0.3, -0.25) is 0 Å². The van der Waals surface area contributed by atoms with Gasteiger partial charge in [-0.25, -0.2) is 0 Å². The number of hydrogen-bond donors (Lipinski definition) is 1. The minimum Gasteiger partial charge on any atom is -0.411 e. The van der Waals surface area contributed by atoms with Gasteiger partial charge in [-0.2, -0.15) is 0 Å². The summed E-state index contributed by atoms with van der Waals surface area (Å²) in [6.45, 7) is 6.41. The van der Waals surface area contributed by atoms with Crippen LogP contribution >= 0.6 is 0 Å². The first-order valence-corrected chi connectivity index (χ1v) is 9.61. The van der Waals surface area contributed by atoms with Gasteiger partial charge >= 0.3 is 0 Å². The highest BCUT2D eigenvalue weighted by atomic mass is 16.4. The quantitative estimate of drug-likeness (QED) is 0.348. The smallest absolute Gasteiger partial charge is 0.0837 e. The fourth-order valence-corrected chi connectivity index (χ4v) is 4.36. The van der Waals surface area contributed by atoms with Crippen LogP contribution in [0.15, 0.2) is 47.6 Å². The van der Waals surface area contributed by atoms with Crippen LogP contribution in [0.2, 0.25) is 0 Å². The molecule has 2 aromatic rings. The van der Waals surface area contributed by atoms with E-state index in [1.54, 1.807) is 0 Å². The predicted molar refractivity (Wildman–Crippen MR) is 106 cm³/mol. The van der Waals surface area contributed by atoms with Gasteiger partial charge in [0.1, 0.15) is 0 Å². The van der Waals surface area contributed by atoms with Gasteiger partial charge in [-0.05, 0) is 53.6 Å². The molecular weight excluding hydrogens is 306 g/mol. The number of unbranched alkanes of at least 4 members (excludes halogenated alkanes) is 2. The van der Waals surface area contributed by atoms with Crippen LogP contribution in [0, 0.1) is 0 Å². The SMILES string of the molecule is CCCCC1(CCCC)c2ccccc2-c2ccc(C(C)=NO)cc21. The maximum absolute atomic E-state index is 9.21. The van der Waals surface area contributed by atoms with Crippen molar-refractivity contribution in [1.29, 1.82) is 0 Å². The van der Waals surface area contributed by atoms with Crippen molar-refractivity contribution in [2.45, 2.75) is 64.7 Å². The molecule has 0 saturated heterocycles. The van der Waals surface area contributed by atoms with Gasteiger partial charge < -0.3 is 5.21 Å². The monoisotopic (exact) mass is 335 g/mol. The zero-order chi connectivity index (χ0) is 17.9. The lowest BCUT2D eigenvalue weighted by atomic mass is 9.70. The van der Waals surface area contributed by atoms with Crippen LogP contribution in [0.25, 0.3) is 11.1 Å². The lowest BCUT2D eigenvalue weighted by molar-refractivity contribution is 0.319. The maximum Gasteiger partial charge on any atom is 0.0837 e. The van der Waals surface area contributed by atoms with Gasteiger partial charge in [-0.1, -0.05) is 81.1 Å². The number of hydrogen-bond acceptors (Lipinski definition) is 2. The van der Waals surface area contributed by atoms with E-state index in [0.29, 0.717) is 5.71 Å². The van der Waals surface area contributed by atoms with E-state index in [1.165, 1.54) is 60.8 Å². The minimum absolute atomic E-state index is 0.101. The van der Waals surface area contributed by atoms with Crippen molar-refractivity contribution in [2.24, 2.45) is 5.16 Å². The summed E-state index contributed by atoms with van der Waals surface area (Å²) in [4.78, 5) is 0. The van der Waals surface area contributed by atoms with Crippen molar-refractivity contribution in [3.05, 3.63) is 59.2 Å². The van der Waals surface area contributed by atoms with Gasteiger partial charge in [-0.15, -0.1) is 0 Å². The number of oxime groups is 1. The molecular formula is C23H29NO. The lowest BCUT2D eigenvalue weighted by Gasteiger charge is -2.33. The molecule has 0 radical (unpaired) electrons. The Morgan fingerprint density at radius 1 is 0.920 bits per heavy atom. The summed E-state index contributed by atoms with van der Waals surface area (Å²) in [6, 6.07) is 15.5. The fourth-order valence-electron chi connectivity index (χ4n) is 4.36. The highest BCUT2D eigenvalue weighted by Gasteiger charge is 2.41. The van der Waals surface area contributed by atoms with Gasteiger partial charge in [0, 0.05) is 5.41 Å². The van der Waals surface area contributed by atoms with Gasteiger partial charge in [0.05, 0.1) is 5.71 Å². The molecule has 0 fully saturated rings. The second-order valence-electron chi connectivity index (χ2n) is 7.28. The van der Waals surface area contributed by atoms with Crippen molar-refractivity contribution < 1.29 is 5.21 Å². The molecule has 0 amide bonds. The Kier molecular flexibility index (Phi) is 5.27. The summed E-state index contributed by atoms with van der Waals surface area (Å²) in [5, 5.41) is 12.6. The van der Waals surface area contributed by atoms with E-state index >= 15 is 0 Å². The van der Waals surface area contributed by atoms with Gasteiger partial charge in [0.15, 0.2) is 0 Å². The molecule has 1 aliphatic rings. The summed E-state index contributed by atoms with van der Waals surface area (Å²) in [5.41, 5.74) is 7.46. The molecule has 132 valence electrons. The topological polar surface area (TPSA) is 32.6 Å². The number of benzene rings is 2. The maximum atomic E-state index is 9.21. The largest absolute Gasteiger partial charge is 0.411 e. The highest BCUT2D eigenvalue weighted by molar-refractivity contribution is 5.99. The first kappa shape index (κ1) is 17.7. The Bertz CT molecular complexity index is 767. The van der Waals surface area contributed by atoms with E-state index in [-0.39, 0.29) is 5.41 Å². The average molecular weight is 335 g/mol. The Morgan fingerprint density at radius 2 is 1.56 bits per heavy atom. The molecule has 0 aromatic heterocycles. The minimum atomic E-state index is 0.101. The van der Waals surface area contributed by atoms with E-state index in [9.17, 15) is 5.21 Å². The second-order valence-corrected chi connectivity index (χ2v) is 7.28. The van der Waals surface area contributed by atoms with E-state index in [1.807, 2.05) is 6.92 Å². The zero-order valence-corrected chi connectivity index (χ0v) is 15.7. The summed E-state index contributed by atoms with van der Waals surface area (Å²) in [5.74, 6) is 0. The molecule has 1 N–H and O–H groups in total. The molecule has 0 atom stereocenters. The van der Waals surface area contributed by atoms with Crippen LogP contribution in [0.5, 0.6) is 0 Å². The number of fused-ring (bicyclic) bond motifs is 3. The molecule has 25 heavy (non-hydrogen) atoms. The predicted octanol–water partition coefficient (Wildman–Crippen LogP) is 6.53. The van der Waals surface area contributed by atoms with Crippen LogP contribution in [0.4, 0.5) is 0 Å². The van der Waals surface area contributed by atoms with Crippen molar-refractivity contribution in [3.8, 4) is 11.1 Å². The molecule has 0 saturated carbocycles. The average Bonchev–Trinajstić information content (AvgIpc) is 2.94. The molecule has 2 nitrogen and oxygen atoms in total. The molecule has 3 rings (SSSR count). The molecule has 0 spiro atoms. The molecule has 2 heteroatoms. The third kappa shape index (κ3) is 2.99. The Hall–Kier alpha value is -2.09. The molecule has 0 aliphatic heterocycles. The summed E-state index contributed by atoms with van der Waals surface area (Å²) in [7, 11) is 0. The van der Waals surface area contributed by atoms with E-state index < -0.39 is 0 Å². The van der Waals surface area contributed by atoms with Crippen LogP contribution in [-0.4, -0.2) is 10.9 Å². The summed E-state index contributed by atoms with van der Waals surface area (Å²) >= 11 is 0. The summed E-state index contributed by atoms with van der Waals surface area (Å²) < 4.78 is 0. The first-order chi connectivity index (χ1) is 12.2. The molecule has 0 heterocycles. The number of rotatable bonds is 7. The fraction of sp³-hybridized carbons (Fsp3) is 0.435. The standard InChI is InChI=1S/C23H29NO/c1-4-6-14-23(15-7-5-2)21-11-9-8-10-19(21)20-13-12-18(16-22(20)23)17(3)24-25/h8-13,16,25H,4-7,14-15H2,1-3H3. The Labute approximate surface area is 151 Å². The first-order valence-electron chi connectivity index (χ1n) is 9.61. The van der Waals surface area contributed by atoms with Crippen LogP contribution < -0.4 is 0 Å². The van der Waals surface area contributed by atoms with Crippen LogP contribution in [0.3, 0.4) is 0 Å². The van der Waals surface area contributed by atoms with E-state index in [0.717, 1.165) is 5.56 Å². The second kappa shape index (κ2) is 7.43. The van der Waals surface area contributed by atoms with Crippen molar-refractivity contribution >= 4 is 5.71 Å². The van der Waals surface area contributed by atoms with Gasteiger partial charge in [0.25, 0.3) is 0 Å². The van der Waals surface area contributed by atoms with E-state index in [4.69, 9.17) is 0 Å². The van der Waals surface area contributed by atoms with Crippen LogP contribution in [-0.2, 0) is 5.41 Å². The zero-order valence-electron chi connectivity index (χ0n) is 15.7. The summed E-state index contributed by atoms with van der Waals surface area (Å²) in [6.07, 6.45) is 7.26. The highest BCUT2D eigenvalue weighted by Crippen LogP contribution is 2.54. The molecule has 1 aliphatic carbocycles. The molecule has 0 unspecified atom stereocenters. The van der Waals surface area contributed by atoms with Crippen molar-refractivity contribution in [1.82, 2.24) is 0 Å². The Morgan fingerprint density at radius 3 is 2.20 bits per heavy atom. The third-order valence-electron chi connectivity index (χ3n) is 5.75. The normalized spacial score (nSPS) is 15.1. The third-order valence-corrected chi connectivity index (χ3v) is 5.75. The van der Waals surface area contributed by atoms with Crippen LogP contribution in [0.1, 0.15) is 76.0 Å². The molecule has 2 aromatic carbocycles. The van der Waals surface area contributed by atoms with Crippen molar-refractivity contribution in [2.75, 3.05) is 0 Å². The molecule has 0 bridgehead atoms. The van der Waals surface area contributed by atoms with Gasteiger partial charge in [0.2, 0.25) is 0 Å². The Balaban J connectivity index is 2.22.